The van der Waals surface area contributed by atoms with E-state index >= 15 is 0 Å². The topological polar surface area (TPSA) is 333 Å². The molecule has 0 saturated heterocycles. The van der Waals surface area contributed by atoms with Gasteiger partial charge in [-0.1, -0.05) is 62.4 Å². The van der Waals surface area contributed by atoms with E-state index in [-0.39, 0.29) is 24.5 Å². The Labute approximate surface area is 342 Å². The van der Waals surface area contributed by atoms with Gasteiger partial charge in [-0.25, -0.2) is 4.79 Å². The number of fused-ring (bicyclic) bond motifs is 3. The summed E-state index contributed by atoms with van der Waals surface area (Å²) in [5.74, 6) is -7.52. The maximum Gasteiger partial charge on any atom is 0.407 e. The van der Waals surface area contributed by atoms with E-state index in [1.807, 2.05) is 48.5 Å². The highest BCUT2D eigenvalue weighted by Gasteiger charge is 2.35. The number of nitro benzene ring substituents is 2. The number of aromatic hydroxyl groups is 1. The number of nitrogens with zero attached hydrogens (tertiary/aromatic N) is 2. The Morgan fingerprint density at radius 1 is 0.783 bits per heavy atom. The largest absolute Gasteiger partial charge is 0.497 e. The van der Waals surface area contributed by atoms with E-state index in [1.54, 1.807) is 13.8 Å². The molecule has 3 aromatic rings. The lowest BCUT2D eigenvalue weighted by molar-refractivity contribution is -0.396. The van der Waals surface area contributed by atoms with Crippen molar-refractivity contribution >= 4 is 47.1 Å². The lowest BCUT2D eigenvalue weighted by Crippen LogP contribution is -2.60. The minimum absolute atomic E-state index is 0.105. The van der Waals surface area contributed by atoms with E-state index in [0.29, 0.717) is 0 Å². The highest BCUT2D eigenvalue weighted by atomic mass is 16.6. The van der Waals surface area contributed by atoms with E-state index in [2.05, 4.69) is 21.3 Å². The molecular formula is C39H45N7O14. The molecule has 0 radical (unpaired) electrons. The van der Waals surface area contributed by atoms with Crippen LogP contribution in [0.5, 0.6) is 5.75 Å². The number of nitro groups is 2. The second kappa shape index (κ2) is 20.0. The third-order valence-electron chi connectivity index (χ3n) is 9.62. The fourth-order valence-electron chi connectivity index (χ4n) is 6.73. The molecule has 0 bridgehead atoms. The van der Waals surface area contributed by atoms with Crippen LogP contribution in [0, 0.1) is 26.1 Å². The van der Waals surface area contributed by atoms with Gasteiger partial charge >= 0.3 is 23.4 Å². The number of hydrogen-bond acceptors (Lipinski definition) is 13. The molecule has 0 saturated carbocycles. The van der Waals surface area contributed by atoms with Crippen molar-refractivity contribution < 1.29 is 58.7 Å². The average Bonchev–Trinajstić information content (AvgIpc) is 3.50. The smallest absolute Gasteiger partial charge is 0.407 e. The number of amides is 5. The number of ether oxygens (including phenoxy) is 1. The van der Waals surface area contributed by atoms with Crippen molar-refractivity contribution in [3.05, 3.63) is 97.6 Å². The van der Waals surface area contributed by atoms with Crippen molar-refractivity contribution in [1.82, 2.24) is 21.3 Å². The first-order chi connectivity index (χ1) is 28.3. The van der Waals surface area contributed by atoms with Crippen molar-refractivity contribution in [3.63, 3.8) is 0 Å². The molecular weight excluding hydrogens is 790 g/mol. The van der Waals surface area contributed by atoms with Gasteiger partial charge in [-0.3, -0.25) is 44.2 Å². The first kappa shape index (κ1) is 45.5. The highest BCUT2D eigenvalue weighted by molar-refractivity contribution is 5.95. The van der Waals surface area contributed by atoms with Crippen LogP contribution in [0.3, 0.4) is 0 Å². The number of aliphatic carboxylic acids is 1. The molecule has 5 atom stereocenters. The highest BCUT2D eigenvalue weighted by Crippen LogP contribution is 2.44. The number of carboxylic acids is 1. The minimum atomic E-state index is -1.83. The molecule has 9 N–H and O–H groups in total. The predicted molar refractivity (Wildman–Crippen MR) is 210 cm³/mol. The van der Waals surface area contributed by atoms with Gasteiger partial charge < -0.3 is 47.1 Å². The van der Waals surface area contributed by atoms with Crippen molar-refractivity contribution in [2.45, 2.75) is 82.6 Å². The monoisotopic (exact) mass is 835 g/mol. The first-order valence-electron chi connectivity index (χ1n) is 18.6. The van der Waals surface area contributed by atoms with Crippen LogP contribution in [0.4, 0.5) is 16.2 Å². The number of aliphatic hydroxyl groups excluding tert-OH is 1. The van der Waals surface area contributed by atoms with Crippen LogP contribution in [0.1, 0.15) is 62.6 Å². The Morgan fingerprint density at radius 2 is 1.30 bits per heavy atom. The molecule has 0 aliphatic heterocycles. The average molecular weight is 836 g/mol. The van der Waals surface area contributed by atoms with Crippen LogP contribution in [-0.2, 0) is 35.1 Å². The van der Waals surface area contributed by atoms with E-state index in [4.69, 9.17) is 10.5 Å². The van der Waals surface area contributed by atoms with Crippen molar-refractivity contribution in [2.24, 2.45) is 11.7 Å². The molecule has 21 nitrogen and oxygen atoms in total. The van der Waals surface area contributed by atoms with Crippen molar-refractivity contribution in [2.75, 3.05) is 6.61 Å². The number of primary amides is 1. The van der Waals surface area contributed by atoms with Gasteiger partial charge in [0, 0.05) is 30.9 Å². The van der Waals surface area contributed by atoms with Gasteiger partial charge in [-0.2, -0.15) is 0 Å². The Bertz CT molecular complexity index is 2080. The summed E-state index contributed by atoms with van der Waals surface area (Å²) in [4.78, 5) is 99.0. The maximum absolute atomic E-state index is 14.0. The SMILES string of the molecule is CC(C)C[C@H](NC(=O)[C@@H](NC(=O)[C@H](CCC(=O)O)NC(=O)[C@H](Cc1cc([N+](=O)[O-])c(O)c([N+](=O)[O-])c1)NC(=O)OCC1c2ccccc2-c2ccccc21)[C@@H](C)O)C(N)=O. The fourth-order valence-corrected chi connectivity index (χ4v) is 6.73. The maximum atomic E-state index is 14.0. The van der Waals surface area contributed by atoms with Crippen LogP contribution in [0.15, 0.2) is 60.7 Å². The van der Waals surface area contributed by atoms with Crippen LogP contribution in [0.25, 0.3) is 11.1 Å². The Kier molecular flexibility index (Phi) is 15.2. The van der Waals surface area contributed by atoms with E-state index < -0.39 is 118 Å². The van der Waals surface area contributed by atoms with Gasteiger partial charge in [-0.05, 0) is 53.5 Å². The number of carboxylic acid groups (broad SMARTS) is 1. The lowest BCUT2D eigenvalue weighted by atomic mass is 9.98. The number of phenols is 1. The molecule has 0 fully saturated rings. The summed E-state index contributed by atoms with van der Waals surface area (Å²) in [5, 5.41) is 62.6. The summed E-state index contributed by atoms with van der Waals surface area (Å²) in [6.45, 7) is 4.42. The third-order valence-corrected chi connectivity index (χ3v) is 9.62. The summed E-state index contributed by atoms with van der Waals surface area (Å²) in [6.07, 6.45) is -4.72. The normalized spacial score (nSPS) is 14.3. The molecule has 0 unspecified atom stereocenters. The van der Waals surface area contributed by atoms with Crippen molar-refractivity contribution in [3.8, 4) is 16.9 Å². The zero-order valence-electron chi connectivity index (χ0n) is 32.7. The number of benzene rings is 3. The third kappa shape index (κ3) is 11.5. The zero-order chi connectivity index (χ0) is 44.4. The molecule has 21 heteroatoms. The molecule has 1 aliphatic carbocycles. The van der Waals surface area contributed by atoms with Gasteiger partial charge in [0.1, 0.15) is 30.8 Å². The van der Waals surface area contributed by atoms with Gasteiger partial charge in [0.25, 0.3) is 5.75 Å². The van der Waals surface area contributed by atoms with E-state index in [1.165, 1.54) is 0 Å². The zero-order valence-corrected chi connectivity index (χ0v) is 32.7. The Balaban J connectivity index is 1.63. The van der Waals surface area contributed by atoms with Crippen molar-refractivity contribution in [1.29, 1.82) is 0 Å². The molecule has 0 aromatic heterocycles. The Hall–Kier alpha value is -7.16. The molecule has 60 heavy (non-hydrogen) atoms. The fraction of sp³-hybridized carbons (Fsp3) is 0.385. The number of carbonyl (C=O) groups excluding carboxylic acids is 5. The number of hydrogen-bond donors (Lipinski definition) is 8. The first-order valence-corrected chi connectivity index (χ1v) is 18.6. The molecule has 4 rings (SSSR count). The number of carbonyl (C=O) groups is 6. The van der Waals surface area contributed by atoms with Crippen LogP contribution >= 0.6 is 0 Å². The molecule has 5 amide bonds. The van der Waals surface area contributed by atoms with Gasteiger partial charge in [0.15, 0.2) is 0 Å². The number of aliphatic hydroxyl groups is 1. The molecule has 0 heterocycles. The van der Waals surface area contributed by atoms with Gasteiger partial charge in [0.05, 0.1) is 16.0 Å². The Morgan fingerprint density at radius 3 is 1.78 bits per heavy atom. The van der Waals surface area contributed by atoms with E-state index in [0.717, 1.165) is 41.3 Å². The molecule has 0 spiro atoms. The number of nitrogens with one attached hydrogen (secondary N) is 4. The quantitative estimate of drug-likeness (QED) is 0.0596. The number of nitrogens with two attached hydrogens (primary N) is 1. The lowest BCUT2D eigenvalue weighted by Gasteiger charge is -2.27. The molecule has 1 aliphatic rings. The van der Waals surface area contributed by atoms with E-state index in [9.17, 15) is 64.3 Å². The number of phenolic OH excluding ortho intramolecular Hbond substituents is 1. The standard InChI is InChI=1S/C39H45N7O14/c1-19(2)14-28(35(40)51)42-38(54)33(20(3)47)44-36(52)27(12-13-32(48)49)41-37(53)29(15-21-16-30(45(56)57)34(50)31(17-21)46(58)59)43-39(55)60-18-26-24-10-6-4-8-22(24)23-9-5-7-11-25(23)26/h4-11,16-17,19-20,26-29,33,47,50H,12-15,18H2,1-3H3,(H2,40,51)(H,41,53)(H,42,54)(H,43,55)(H,44,52)(H,48,49)/t20-,27+,28+,29+,33+/m1/s1. The summed E-state index contributed by atoms with van der Waals surface area (Å²) < 4.78 is 5.56. The van der Waals surface area contributed by atoms with Gasteiger partial charge in [0.2, 0.25) is 23.6 Å². The molecule has 3 aromatic carbocycles. The van der Waals surface area contributed by atoms with Crippen LogP contribution in [-0.4, -0.2) is 97.7 Å². The van der Waals surface area contributed by atoms with Crippen LogP contribution in [0.2, 0.25) is 0 Å². The summed E-state index contributed by atoms with van der Waals surface area (Å²) in [6, 6.07) is 9.79. The number of rotatable bonds is 20. The van der Waals surface area contributed by atoms with Gasteiger partial charge in [-0.15, -0.1) is 0 Å². The second-order valence-electron chi connectivity index (χ2n) is 14.5. The second-order valence-corrected chi connectivity index (χ2v) is 14.5. The predicted octanol–water partition coefficient (Wildman–Crippen LogP) is 1.89. The number of alkyl carbamates (subject to hydrolysis) is 1. The summed E-state index contributed by atoms with van der Waals surface area (Å²) in [5.41, 5.74) is 6.48. The molecule has 320 valence electrons. The minimum Gasteiger partial charge on any atom is -0.497 e. The van der Waals surface area contributed by atoms with Crippen LogP contribution < -0.4 is 27.0 Å². The summed E-state index contributed by atoms with van der Waals surface area (Å²) in [7, 11) is 0. The summed E-state index contributed by atoms with van der Waals surface area (Å²) >= 11 is 0.